The van der Waals surface area contributed by atoms with E-state index in [0.717, 1.165) is 12.3 Å². The summed E-state index contributed by atoms with van der Waals surface area (Å²) in [5.74, 6) is 2.06. The van der Waals surface area contributed by atoms with Crippen LogP contribution in [0.15, 0.2) is 11.6 Å². The highest BCUT2D eigenvalue weighted by molar-refractivity contribution is 5.79. The van der Waals surface area contributed by atoms with Gasteiger partial charge in [-0.1, -0.05) is 18.6 Å². The Hall–Kier alpha value is -0.790. The average molecular weight is 274 g/mol. The fraction of sp³-hybridized carbons (Fsp3) is 0.833. The van der Waals surface area contributed by atoms with E-state index in [-0.39, 0.29) is 11.4 Å². The normalized spacial score (nSPS) is 50.6. The lowest BCUT2D eigenvalue weighted by molar-refractivity contribution is -0.148. The quantitative estimate of drug-likeness (QED) is 0.491. The van der Waals surface area contributed by atoms with Gasteiger partial charge in [-0.2, -0.15) is 0 Å². The van der Waals surface area contributed by atoms with Gasteiger partial charge in [0.05, 0.1) is 12.0 Å². The highest BCUT2D eigenvalue weighted by Gasteiger charge is 2.60. The van der Waals surface area contributed by atoms with Gasteiger partial charge in [0.2, 0.25) is 0 Å². The highest BCUT2D eigenvalue weighted by atomic mass is 16.5. The van der Waals surface area contributed by atoms with Crippen LogP contribution in [0.5, 0.6) is 0 Å². The van der Waals surface area contributed by atoms with Crippen LogP contribution in [0.2, 0.25) is 0 Å². The molecular weight excluding hydrogens is 248 g/mol. The molecule has 4 rings (SSSR count). The predicted molar refractivity (Wildman–Crippen MR) is 78.0 cm³/mol. The lowest BCUT2D eigenvalue weighted by Crippen LogP contribution is -2.50. The molecule has 0 unspecified atom stereocenters. The molecule has 0 radical (unpaired) electrons. The van der Waals surface area contributed by atoms with Crippen molar-refractivity contribution >= 4 is 5.97 Å². The Bertz CT molecular complexity index is 480. The molecular formula is C18H26O2. The van der Waals surface area contributed by atoms with Crippen LogP contribution in [0.25, 0.3) is 0 Å². The van der Waals surface area contributed by atoms with Crippen molar-refractivity contribution < 1.29 is 9.53 Å². The molecule has 0 spiro atoms. The third-order valence-corrected chi connectivity index (χ3v) is 7.28. The molecule has 1 heterocycles. The molecule has 0 N–H and O–H groups in total. The number of fused-ring (bicyclic) bond motifs is 5. The van der Waals surface area contributed by atoms with Gasteiger partial charge < -0.3 is 4.74 Å². The Morgan fingerprint density at radius 3 is 2.85 bits per heavy atom. The van der Waals surface area contributed by atoms with Crippen molar-refractivity contribution in [3.8, 4) is 0 Å². The molecule has 110 valence electrons. The number of allylic oxidation sites excluding steroid dienone is 2. The third-order valence-electron chi connectivity index (χ3n) is 7.28. The molecule has 1 aliphatic heterocycles. The van der Waals surface area contributed by atoms with Crippen molar-refractivity contribution in [2.45, 2.75) is 58.8 Å². The highest BCUT2D eigenvalue weighted by Crippen LogP contribution is 2.63. The van der Waals surface area contributed by atoms with Crippen LogP contribution in [0.4, 0.5) is 0 Å². The second-order valence-electron chi connectivity index (χ2n) is 8.01. The first kappa shape index (κ1) is 12.9. The Balaban J connectivity index is 1.70. The van der Waals surface area contributed by atoms with E-state index in [1.54, 1.807) is 5.57 Å². The summed E-state index contributed by atoms with van der Waals surface area (Å²) in [6, 6.07) is 0. The van der Waals surface area contributed by atoms with Gasteiger partial charge in [-0.05, 0) is 69.1 Å². The second-order valence-corrected chi connectivity index (χ2v) is 8.01. The Labute approximate surface area is 122 Å². The molecule has 2 saturated carbocycles. The van der Waals surface area contributed by atoms with E-state index in [4.69, 9.17) is 4.74 Å². The summed E-state index contributed by atoms with van der Waals surface area (Å²) in [6.45, 7) is 5.36. The summed E-state index contributed by atoms with van der Waals surface area (Å²) in [6.07, 6.45) is 11.3. The number of rotatable bonds is 0. The van der Waals surface area contributed by atoms with E-state index in [1.807, 2.05) is 0 Å². The second kappa shape index (κ2) is 4.11. The maximum atomic E-state index is 12.1. The van der Waals surface area contributed by atoms with Gasteiger partial charge in [0.25, 0.3) is 0 Å². The van der Waals surface area contributed by atoms with Gasteiger partial charge >= 0.3 is 5.97 Å². The smallest absolute Gasteiger partial charge is 0.312 e. The van der Waals surface area contributed by atoms with Crippen molar-refractivity contribution in [2.24, 2.45) is 28.6 Å². The lowest BCUT2D eigenvalue weighted by Gasteiger charge is -2.56. The van der Waals surface area contributed by atoms with Crippen molar-refractivity contribution in [3.05, 3.63) is 11.6 Å². The molecule has 0 aromatic heterocycles. The van der Waals surface area contributed by atoms with Gasteiger partial charge in [0.1, 0.15) is 0 Å². The molecule has 3 aliphatic carbocycles. The van der Waals surface area contributed by atoms with Crippen LogP contribution >= 0.6 is 0 Å². The minimum atomic E-state index is -0.173. The molecule has 0 bridgehead atoms. The summed E-state index contributed by atoms with van der Waals surface area (Å²) in [5.41, 5.74) is 1.99. The molecule has 3 fully saturated rings. The first-order chi connectivity index (χ1) is 9.56. The zero-order valence-corrected chi connectivity index (χ0v) is 12.8. The van der Waals surface area contributed by atoms with Gasteiger partial charge in [-0.3, -0.25) is 4.79 Å². The molecule has 0 aromatic carbocycles. The third kappa shape index (κ3) is 1.48. The fourth-order valence-electron chi connectivity index (χ4n) is 5.97. The number of hydrogen-bond acceptors (Lipinski definition) is 2. The predicted octanol–water partition coefficient (Wildman–Crippen LogP) is 4.10. The maximum Gasteiger partial charge on any atom is 0.312 e. The molecule has 0 amide bonds. The summed E-state index contributed by atoms with van der Waals surface area (Å²) in [5, 5.41) is 0. The van der Waals surface area contributed by atoms with Crippen LogP contribution in [-0.2, 0) is 9.53 Å². The first-order valence-electron chi connectivity index (χ1n) is 8.42. The van der Waals surface area contributed by atoms with E-state index in [0.29, 0.717) is 23.9 Å². The minimum Gasteiger partial charge on any atom is -0.465 e. The standard InChI is InChI=1S/C18H26O2/c1-17-9-4-3-5-12(17)6-7-13-14(17)8-10-18(2)15(13)11-20-16(18)19/h5,13-15H,3-4,6-11H2,1-2H3/t13-,14+,15+,17+,18+/m1/s1. The fourth-order valence-corrected chi connectivity index (χ4v) is 5.97. The van der Waals surface area contributed by atoms with Crippen molar-refractivity contribution in [2.75, 3.05) is 6.61 Å². The molecule has 2 heteroatoms. The summed E-state index contributed by atoms with van der Waals surface area (Å²) >= 11 is 0. The van der Waals surface area contributed by atoms with Crippen molar-refractivity contribution in [3.63, 3.8) is 0 Å². The largest absolute Gasteiger partial charge is 0.465 e. The summed E-state index contributed by atoms with van der Waals surface area (Å²) < 4.78 is 5.47. The van der Waals surface area contributed by atoms with Gasteiger partial charge in [-0.25, -0.2) is 0 Å². The average Bonchev–Trinajstić information content (AvgIpc) is 2.74. The minimum absolute atomic E-state index is 0.0797. The Morgan fingerprint density at radius 2 is 2.00 bits per heavy atom. The number of ether oxygens (including phenoxy) is 1. The molecule has 0 aromatic rings. The van der Waals surface area contributed by atoms with E-state index < -0.39 is 0 Å². The molecule has 5 atom stereocenters. The molecule has 4 aliphatic rings. The number of hydrogen-bond donors (Lipinski definition) is 0. The number of carbonyl (C=O) groups is 1. The van der Waals surface area contributed by atoms with Crippen LogP contribution in [-0.4, -0.2) is 12.6 Å². The van der Waals surface area contributed by atoms with E-state index >= 15 is 0 Å². The van der Waals surface area contributed by atoms with Gasteiger partial charge in [-0.15, -0.1) is 0 Å². The zero-order valence-electron chi connectivity index (χ0n) is 12.8. The van der Waals surface area contributed by atoms with Crippen LogP contribution in [0.3, 0.4) is 0 Å². The summed E-state index contributed by atoms with van der Waals surface area (Å²) in [7, 11) is 0. The monoisotopic (exact) mass is 274 g/mol. The van der Waals surface area contributed by atoms with Crippen LogP contribution < -0.4 is 0 Å². The molecule has 2 nitrogen and oxygen atoms in total. The molecule has 1 saturated heterocycles. The lowest BCUT2D eigenvalue weighted by atomic mass is 9.47. The number of cyclic esters (lactones) is 1. The van der Waals surface area contributed by atoms with E-state index in [9.17, 15) is 4.79 Å². The summed E-state index contributed by atoms with van der Waals surface area (Å²) in [4.78, 5) is 12.1. The topological polar surface area (TPSA) is 26.3 Å². The number of esters is 1. The number of carbonyl (C=O) groups excluding carboxylic acids is 1. The van der Waals surface area contributed by atoms with Crippen LogP contribution in [0.1, 0.15) is 58.8 Å². The SMILES string of the molecule is C[C@]12CCCC=C1CC[C@@H]1[C@@H]2CC[C@]2(C)C(=O)OC[C@@H]12. The zero-order chi connectivity index (χ0) is 14.0. The van der Waals surface area contributed by atoms with Crippen molar-refractivity contribution in [1.82, 2.24) is 0 Å². The maximum absolute atomic E-state index is 12.1. The Kier molecular flexibility index (Phi) is 2.66. The van der Waals surface area contributed by atoms with E-state index in [1.165, 1.54) is 38.5 Å². The molecule has 20 heavy (non-hydrogen) atoms. The Morgan fingerprint density at radius 1 is 1.15 bits per heavy atom. The van der Waals surface area contributed by atoms with Gasteiger partial charge in [0, 0.05) is 5.92 Å². The van der Waals surface area contributed by atoms with Crippen LogP contribution in [0, 0.1) is 28.6 Å². The van der Waals surface area contributed by atoms with Gasteiger partial charge in [0.15, 0.2) is 0 Å². The first-order valence-corrected chi connectivity index (χ1v) is 8.42. The van der Waals surface area contributed by atoms with Crippen molar-refractivity contribution in [1.29, 1.82) is 0 Å². The van der Waals surface area contributed by atoms with E-state index in [2.05, 4.69) is 19.9 Å².